The molecule has 0 bridgehead atoms. The summed E-state index contributed by atoms with van der Waals surface area (Å²) in [5.41, 5.74) is 0.861. The van der Waals surface area contributed by atoms with E-state index in [9.17, 15) is 25.5 Å². The Kier molecular flexibility index (Phi) is 13.0. The van der Waals surface area contributed by atoms with Gasteiger partial charge < -0.3 is 30.8 Å². The van der Waals surface area contributed by atoms with Crippen LogP contribution in [0.15, 0.2) is 24.3 Å². The summed E-state index contributed by atoms with van der Waals surface area (Å²) in [6, 6.07) is 6.72. The number of aromatic hydroxyl groups is 1. The molecule has 1 aromatic rings. The van der Waals surface area contributed by atoms with Crippen LogP contribution in [0.1, 0.15) is 25.8 Å². The van der Waals surface area contributed by atoms with Crippen LogP contribution < -0.4 is 5.32 Å². The third-order valence-corrected chi connectivity index (χ3v) is 4.93. The van der Waals surface area contributed by atoms with Crippen molar-refractivity contribution in [3.8, 4) is 5.75 Å². The molecule has 0 heterocycles. The van der Waals surface area contributed by atoms with Gasteiger partial charge in [0.15, 0.2) is 0 Å². The number of aliphatic hydroxyl groups is 4. The van der Waals surface area contributed by atoms with Crippen molar-refractivity contribution in [2.45, 2.75) is 45.1 Å². The molecule has 1 rings (SSSR count). The summed E-state index contributed by atoms with van der Waals surface area (Å²) in [6.07, 6.45) is -0.514. The average molecular weight is 414 g/mol. The lowest BCUT2D eigenvalue weighted by molar-refractivity contribution is -0.0159. The van der Waals surface area contributed by atoms with E-state index in [0.717, 1.165) is 18.5 Å². The van der Waals surface area contributed by atoms with Crippen LogP contribution in [0.25, 0.3) is 0 Å². The molecule has 0 saturated heterocycles. The highest BCUT2D eigenvalue weighted by molar-refractivity contribution is 5.31. The van der Waals surface area contributed by atoms with Crippen molar-refractivity contribution in [2.24, 2.45) is 0 Å². The van der Waals surface area contributed by atoms with E-state index in [2.05, 4.69) is 17.1 Å². The Morgan fingerprint density at radius 1 is 1.00 bits per heavy atom. The maximum Gasteiger partial charge on any atom is 0.120 e. The van der Waals surface area contributed by atoms with Crippen LogP contribution in [0.2, 0.25) is 0 Å². The largest absolute Gasteiger partial charge is 0.508 e. The predicted molar refractivity (Wildman–Crippen MR) is 114 cm³/mol. The van der Waals surface area contributed by atoms with Crippen molar-refractivity contribution in [3.63, 3.8) is 0 Å². The normalized spacial score (nSPS) is 15.0. The first kappa shape index (κ1) is 25.8. The third-order valence-electron chi connectivity index (χ3n) is 4.93. The zero-order valence-electron chi connectivity index (χ0n) is 17.7. The summed E-state index contributed by atoms with van der Waals surface area (Å²) in [4.78, 5) is 4.19. The minimum Gasteiger partial charge on any atom is -0.508 e. The number of hydrogen-bond acceptors (Lipinski definition) is 8. The number of nitrogens with one attached hydrogen (secondary N) is 1. The van der Waals surface area contributed by atoms with Gasteiger partial charge in [-0.15, -0.1) is 0 Å². The molecule has 0 aliphatic carbocycles. The summed E-state index contributed by atoms with van der Waals surface area (Å²) in [7, 11) is 0. The number of nitrogens with zero attached hydrogens (tertiary/aromatic N) is 2. The van der Waals surface area contributed by atoms with Crippen LogP contribution in [0.3, 0.4) is 0 Å². The molecule has 0 aliphatic heterocycles. The van der Waals surface area contributed by atoms with E-state index < -0.39 is 24.9 Å². The molecule has 0 aliphatic rings. The lowest BCUT2D eigenvalue weighted by Gasteiger charge is -2.35. The number of benzene rings is 1. The van der Waals surface area contributed by atoms with Gasteiger partial charge in [0.05, 0.1) is 31.5 Å². The molecule has 29 heavy (non-hydrogen) atoms. The van der Waals surface area contributed by atoms with E-state index in [1.165, 1.54) is 0 Å². The van der Waals surface area contributed by atoms with Gasteiger partial charge >= 0.3 is 0 Å². The number of rotatable bonds is 16. The first-order valence-electron chi connectivity index (χ1n) is 10.4. The zero-order chi connectivity index (χ0) is 21.6. The fraction of sp³-hybridized carbons (Fsp3) is 0.714. The standard InChI is InChI=1S/C21H39N3O5/c1-3-9-23(14-18-6-4-5-7-20(18)28)11-12-24(10-8-22-13-17(2)27)19(15-25)21(29)16-26/h4-7,17,19,21-22,25-29H,3,8-16H2,1-2H3/t17-,19+,21-/m1/s1. The Labute approximate surface area is 174 Å². The Morgan fingerprint density at radius 2 is 1.72 bits per heavy atom. The van der Waals surface area contributed by atoms with E-state index >= 15 is 0 Å². The van der Waals surface area contributed by atoms with Crippen molar-refractivity contribution in [2.75, 3.05) is 52.5 Å². The molecule has 0 saturated carbocycles. The van der Waals surface area contributed by atoms with Gasteiger partial charge in [-0.1, -0.05) is 25.1 Å². The minimum atomic E-state index is -1.03. The summed E-state index contributed by atoms with van der Waals surface area (Å²) < 4.78 is 0. The molecular weight excluding hydrogens is 374 g/mol. The average Bonchev–Trinajstić information content (AvgIpc) is 2.70. The number of hydrogen-bond donors (Lipinski definition) is 6. The van der Waals surface area contributed by atoms with E-state index in [4.69, 9.17) is 0 Å². The molecule has 6 N–H and O–H groups in total. The zero-order valence-corrected chi connectivity index (χ0v) is 17.7. The molecule has 1 aromatic carbocycles. The van der Waals surface area contributed by atoms with E-state index in [-0.39, 0.29) is 12.4 Å². The second-order valence-corrected chi connectivity index (χ2v) is 7.49. The molecule has 0 amide bonds. The Bertz CT molecular complexity index is 547. The lowest BCUT2D eigenvalue weighted by atomic mass is 10.1. The van der Waals surface area contributed by atoms with Gasteiger partial charge in [-0.2, -0.15) is 0 Å². The molecular formula is C21H39N3O5. The maximum absolute atomic E-state index is 10.1. The number of phenols is 1. The summed E-state index contributed by atoms with van der Waals surface area (Å²) in [5.74, 6) is 0.275. The highest BCUT2D eigenvalue weighted by Gasteiger charge is 2.25. The fourth-order valence-corrected chi connectivity index (χ4v) is 3.32. The van der Waals surface area contributed by atoms with Crippen LogP contribution in [-0.2, 0) is 6.54 Å². The number of para-hydroxylation sites is 1. The summed E-state index contributed by atoms with van der Waals surface area (Å²) >= 11 is 0. The molecule has 0 spiro atoms. The van der Waals surface area contributed by atoms with Gasteiger partial charge in [-0.3, -0.25) is 9.80 Å². The van der Waals surface area contributed by atoms with Gasteiger partial charge in [0, 0.05) is 44.8 Å². The SMILES string of the molecule is CCCN(CCN(CCNC[C@@H](C)O)[C@@H](CO)[C@H](O)CO)Cc1ccccc1O. The van der Waals surface area contributed by atoms with E-state index in [0.29, 0.717) is 39.3 Å². The Morgan fingerprint density at radius 3 is 2.31 bits per heavy atom. The Hall–Kier alpha value is -1.26. The number of aliphatic hydroxyl groups excluding tert-OH is 4. The third kappa shape index (κ3) is 9.86. The van der Waals surface area contributed by atoms with Gasteiger partial charge in [0.1, 0.15) is 5.75 Å². The maximum atomic E-state index is 10.1. The van der Waals surface area contributed by atoms with Crippen molar-refractivity contribution >= 4 is 0 Å². The molecule has 0 unspecified atom stereocenters. The monoisotopic (exact) mass is 413 g/mol. The minimum absolute atomic E-state index is 0.259. The Balaban J connectivity index is 2.75. The molecule has 168 valence electrons. The van der Waals surface area contributed by atoms with Crippen LogP contribution in [0.4, 0.5) is 0 Å². The van der Waals surface area contributed by atoms with Gasteiger partial charge in [-0.05, 0) is 26.0 Å². The van der Waals surface area contributed by atoms with E-state index in [1.54, 1.807) is 19.1 Å². The van der Waals surface area contributed by atoms with Crippen LogP contribution in [0.5, 0.6) is 5.75 Å². The molecule has 0 radical (unpaired) electrons. The lowest BCUT2D eigenvalue weighted by Crippen LogP contribution is -2.52. The van der Waals surface area contributed by atoms with Crippen molar-refractivity contribution in [1.82, 2.24) is 15.1 Å². The van der Waals surface area contributed by atoms with Crippen molar-refractivity contribution in [3.05, 3.63) is 29.8 Å². The van der Waals surface area contributed by atoms with Crippen LogP contribution in [-0.4, -0.2) is 106 Å². The first-order valence-corrected chi connectivity index (χ1v) is 10.4. The highest BCUT2D eigenvalue weighted by Crippen LogP contribution is 2.18. The summed E-state index contributed by atoms with van der Waals surface area (Å²) in [6.45, 7) is 7.49. The highest BCUT2D eigenvalue weighted by atomic mass is 16.3. The van der Waals surface area contributed by atoms with Crippen LogP contribution >= 0.6 is 0 Å². The topological polar surface area (TPSA) is 120 Å². The predicted octanol–water partition coefficient (Wildman–Crippen LogP) is -0.409. The van der Waals surface area contributed by atoms with Gasteiger partial charge in [0.25, 0.3) is 0 Å². The van der Waals surface area contributed by atoms with Gasteiger partial charge in [-0.25, -0.2) is 0 Å². The van der Waals surface area contributed by atoms with Crippen molar-refractivity contribution in [1.29, 1.82) is 0 Å². The molecule has 0 aromatic heterocycles. The van der Waals surface area contributed by atoms with E-state index in [1.807, 2.05) is 17.0 Å². The second-order valence-electron chi connectivity index (χ2n) is 7.49. The molecule has 8 heteroatoms. The van der Waals surface area contributed by atoms with Crippen LogP contribution in [0, 0.1) is 0 Å². The number of phenolic OH excluding ortho intramolecular Hbond substituents is 1. The molecule has 8 nitrogen and oxygen atoms in total. The summed E-state index contributed by atoms with van der Waals surface area (Å²) in [5, 5.41) is 51.8. The molecule has 3 atom stereocenters. The van der Waals surface area contributed by atoms with Crippen molar-refractivity contribution < 1.29 is 25.5 Å². The molecule has 0 fully saturated rings. The second kappa shape index (κ2) is 14.7. The first-order chi connectivity index (χ1) is 13.9. The van der Waals surface area contributed by atoms with Gasteiger partial charge in [0.2, 0.25) is 0 Å². The fourth-order valence-electron chi connectivity index (χ4n) is 3.32. The smallest absolute Gasteiger partial charge is 0.120 e. The quantitative estimate of drug-likeness (QED) is 0.203.